The minimum Gasteiger partial charge on any atom is -0.480 e. The first-order valence-electron chi connectivity index (χ1n) is 7.44. The minimum absolute atomic E-state index is 0. The molecule has 2 rings (SSSR count). The van der Waals surface area contributed by atoms with Gasteiger partial charge in [0.15, 0.2) is 0 Å². The van der Waals surface area contributed by atoms with Crippen LogP contribution in [0.1, 0.15) is 18.4 Å². The van der Waals surface area contributed by atoms with Crippen molar-refractivity contribution in [3.8, 4) is 0 Å². The van der Waals surface area contributed by atoms with Crippen molar-refractivity contribution >= 4 is 28.7 Å². The van der Waals surface area contributed by atoms with Gasteiger partial charge in [0, 0.05) is 44.8 Å². The maximum absolute atomic E-state index is 11.8. The molecule has 0 radical (unpaired) electrons. The fourth-order valence-electron chi connectivity index (χ4n) is 2.40. The highest BCUT2D eigenvalue weighted by molar-refractivity contribution is 5.87. The van der Waals surface area contributed by atoms with Crippen LogP contribution in [-0.4, -0.2) is 45.1 Å². The largest absolute Gasteiger partial charge is 0.480 e. The molecule has 0 bridgehead atoms. The van der Waals surface area contributed by atoms with Crippen molar-refractivity contribution < 1.29 is 24.6 Å². The number of nitrogens with two attached hydrogens (primary N) is 1. The molecule has 0 aliphatic rings. The molecule has 1 aromatic carbocycles. The standard InChI is InChI=1S/C16H19N3O5.2CH3/c17-11(15(21)22)5-6-14(20)19-13(16(23)24)7-9-8-18-12-4-2-1-3-10(9)12;;/h1-4,8,11,13,18H,5-7,17H2,(H,19,20)(H,21,22)(H,23,24);2*1H3/q;2*+1/t11-,13-;;/m1../s1. The van der Waals surface area contributed by atoms with Crippen molar-refractivity contribution in [2.24, 2.45) is 5.73 Å². The van der Waals surface area contributed by atoms with Crippen molar-refractivity contribution in [2.45, 2.75) is 31.3 Å². The zero-order valence-electron chi connectivity index (χ0n) is 14.9. The van der Waals surface area contributed by atoms with Crippen LogP contribution in [0.25, 0.3) is 10.9 Å². The third kappa shape index (κ3) is 5.75. The number of nitrogens with one attached hydrogen (secondary N) is 2. The molecule has 1 heterocycles. The molecular weight excluding hydrogens is 338 g/mol. The van der Waals surface area contributed by atoms with E-state index in [1.807, 2.05) is 24.3 Å². The van der Waals surface area contributed by atoms with Crippen molar-refractivity contribution in [1.29, 1.82) is 0 Å². The van der Waals surface area contributed by atoms with Gasteiger partial charge in [-0.25, -0.2) is 4.79 Å². The Balaban J connectivity index is 0.00000312. The average Bonchev–Trinajstić information content (AvgIpc) is 2.95. The van der Waals surface area contributed by atoms with Crippen LogP contribution in [0.15, 0.2) is 30.5 Å². The number of carbonyl (C=O) groups excluding carboxylic acids is 1. The summed E-state index contributed by atoms with van der Waals surface area (Å²) in [5.41, 5.74) is 6.99. The lowest BCUT2D eigenvalue weighted by Crippen LogP contribution is -2.43. The van der Waals surface area contributed by atoms with Gasteiger partial charge in [0.05, 0.1) is 0 Å². The Kier molecular flexibility index (Phi) is 8.79. The summed E-state index contributed by atoms with van der Waals surface area (Å²) in [6.45, 7) is 0. The van der Waals surface area contributed by atoms with E-state index in [4.69, 9.17) is 10.8 Å². The number of H-pyrrole nitrogens is 1. The zero-order chi connectivity index (χ0) is 17.7. The van der Waals surface area contributed by atoms with E-state index in [1.54, 1.807) is 6.20 Å². The molecule has 2 aromatic rings. The van der Waals surface area contributed by atoms with E-state index >= 15 is 0 Å². The van der Waals surface area contributed by atoms with Crippen molar-refractivity contribution in [3.05, 3.63) is 50.9 Å². The summed E-state index contributed by atoms with van der Waals surface area (Å²) in [4.78, 5) is 36.9. The summed E-state index contributed by atoms with van der Waals surface area (Å²) in [6, 6.07) is 5.21. The Morgan fingerprint density at radius 2 is 1.77 bits per heavy atom. The van der Waals surface area contributed by atoms with E-state index < -0.39 is 29.9 Å². The average molecular weight is 363 g/mol. The molecule has 8 nitrogen and oxygen atoms in total. The Morgan fingerprint density at radius 3 is 2.38 bits per heavy atom. The quantitative estimate of drug-likeness (QED) is 0.448. The first-order chi connectivity index (χ1) is 11.4. The molecule has 6 N–H and O–H groups in total. The highest BCUT2D eigenvalue weighted by atomic mass is 16.4. The molecule has 0 aliphatic carbocycles. The lowest BCUT2D eigenvalue weighted by Gasteiger charge is -2.15. The molecular formula is C18H25N3O5+2. The summed E-state index contributed by atoms with van der Waals surface area (Å²) >= 11 is 0. The van der Waals surface area contributed by atoms with Gasteiger partial charge >= 0.3 is 11.9 Å². The number of carbonyl (C=O) groups is 3. The number of hydrogen-bond acceptors (Lipinski definition) is 4. The fourth-order valence-corrected chi connectivity index (χ4v) is 2.40. The molecule has 0 aliphatic heterocycles. The summed E-state index contributed by atoms with van der Waals surface area (Å²) in [6.07, 6.45) is 1.63. The smallest absolute Gasteiger partial charge is 0.326 e. The van der Waals surface area contributed by atoms with Gasteiger partial charge in [-0.15, -0.1) is 0 Å². The van der Waals surface area contributed by atoms with Gasteiger partial charge in [0.1, 0.15) is 12.1 Å². The molecule has 0 saturated carbocycles. The van der Waals surface area contributed by atoms with Crippen LogP contribution in [0.5, 0.6) is 0 Å². The van der Waals surface area contributed by atoms with Crippen LogP contribution in [-0.2, 0) is 20.8 Å². The van der Waals surface area contributed by atoms with Crippen molar-refractivity contribution in [1.82, 2.24) is 10.3 Å². The molecule has 0 spiro atoms. The highest BCUT2D eigenvalue weighted by Gasteiger charge is 2.22. The number of benzene rings is 1. The number of carboxylic acids is 2. The van der Waals surface area contributed by atoms with Gasteiger partial charge in [-0.3, -0.25) is 9.59 Å². The van der Waals surface area contributed by atoms with Crippen molar-refractivity contribution in [2.75, 3.05) is 0 Å². The topological polar surface area (TPSA) is 146 Å². The van der Waals surface area contributed by atoms with Gasteiger partial charge in [-0.2, -0.15) is 0 Å². The summed E-state index contributed by atoms with van der Waals surface area (Å²) < 4.78 is 0. The third-order valence-corrected chi connectivity index (χ3v) is 3.73. The van der Waals surface area contributed by atoms with E-state index in [9.17, 15) is 19.5 Å². The number of para-hydroxylation sites is 1. The number of aromatic nitrogens is 1. The Labute approximate surface area is 152 Å². The molecule has 1 aromatic heterocycles. The van der Waals surface area contributed by atoms with Crippen molar-refractivity contribution in [3.63, 3.8) is 0 Å². The summed E-state index contributed by atoms with van der Waals surface area (Å²) in [5.74, 6) is -2.90. The molecule has 0 saturated heterocycles. The lowest BCUT2D eigenvalue weighted by atomic mass is 10.0. The molecule has 140 valence electrons. The number of fused-ring (bicyclic) bond motifs is 1. The third-order valence-electron chi connectivity index (χ3n) is 3.73. The second-order valence-electron chi connectivity index (χ2n) is 5.51. The van der Waals surface area contributed by atoms with Crippen LogP contribution in [0, 0.1) is 14.9 Å². The van der Waals surface area contributed by atoms with Gasteiger partial charge in [-0.05, 0) is 18.1 Å². The Bertz CT molecular complexity index is 756. The number of rotatable bonds is 8. The van der Waals surface area contributed by atoms with Crippen LogP contribution in [0.2, 0.25) is 0 Å². The van der Waals surface area contributed by atoms with E-state index in [0.29, 0.717) is 0 Å². The number of aromatic amines is 1. The molecule has 2 atom stereocenters. The van der Waals surface area contributed by atoms with E-state index in [-0.39, 0.29) is 34.1 Å². The number of aliphatic carboxylic acids is 2. The second-order valence-corrected chi connectivity index (χ2v) is 5.51. The van der Waals surface area contributed by atoms with E-state index in [2.05, 4.69) is 10.3 Å². The van der Waals surface area contributed by atoms with Crippen LogP contribution in [0.4, 0.5) is 0 Å². The predicted octanol–water partition coefficient (Wildman–Crippen LogP) is 1.37. The summed E-state index contributed by atoms with van der Waals surface area (Å²) in [7, 11) is 0. The monoisotopic (exact) mass is 363 g/mol. The first-order valence-corrected chi connectivity index (χ1v) is 7.44. The Morgan fingerprint density at radius 1 is 1.12 bits per heavy atom. The maximum atomic E-state index is 11.8. The van der Waals surface area contributed by atoms with Gasteiger partial charge in [-0.1, -0.05) is 18.2 Å². The van der Waals surface area contributed by atoms with Gasteiger partial charge in [0.25, 0.3) is 0 Å². The lowest BCUT2D eigenvalue weighted by molar-refractivity contribution is -0.142. The number of amides is 1. The highest BCUT2D eigenvalue weighted by Crippen LogP contribution is 2.19. The second kappa shape index (κ2) is 10.00. The SMILES string of the molecule is N[C@H](CCC(=O)N[C@H](Cc1c[nH]c2ccccc12)C(=O)O)C(=O)O.[CH3+].[CH3+]. The van der Waals surface area contributed by atoms with Gasteiger partial charge in [0.2, 0.25) is 5.91 Å². The number of hydrogen-bond donors (Lipinski definition) is 5. The molecule has 0 unspecified atom stereocenters. The first kappa shape index (κ1) is 22.9. The molecule has 8 heteroatoms. The predicted molar refractivity (Wildman–Crippen MR) is 99.2 cm³/mol. The molecule has 0 fully saturated rings. The van der Waals surface area contributed by atoms with Crippen LogP contribution in [0.3, 0.4) is 0 Å². The van der Waals surface area contributed by atoms with Gasteiger partial charge < -0.3 is 26.2 Å². The summed E-state index contributed by atoms with van der Waals surface area (Å²) in [5, 5.41) is 21.3. The van der Waals surface area contributed by atoms with Crippen LogP contribution < -0.4 is 11.1 Å². The normalized spacial score (nSPS) is 12.3. The maximum Gasteiger partial charge on any atom is 0.326 e. The Hall–Kier alpha value is -3.13. The molecule has 1 amide bonds. The van der Waals surface area contributed by atoms with Crippen LogP contribution >= 0.6 is 0 Å². The molecule has 26 heavy (non-hydrogen) atoms. The minimum atomic E-state index is -1.20. The van der Waals surface area contributed by atoms with E-state index in [1.165, 1.54) is 0 Å². The fraction of sp³-hybridized carbons (Fsp3) is 0.278. The zero-order valence-corrected chi connectivity index (χ0v) is 14.9. The number of carboxylic acid groups (broad SMARTS) is 2. The van der Waals surface area contributed by atoms with E-state index in [0.717, 1.165) is 16.5 Å².